The van der Waals surface area contributed by atoms with Crippen LogP contribution in [0.2, 0.25) is 5.02 Å². The summed E-state index contributed by atoms with van der Waals surface area (Å²) in [5.41, 5.74) is 1.84. The molecule has 1 amide bonds. The lowest BCUT2D eigenvalue weighted by Crippen LogP contribution is -2.30. The Morgan fingerprint density at radius 3 is 2.67 bits per heavy atom. The van der Waals surface area contributed by atoms with Crippen LogP contribution < -0.4 is 4.90 Å². The quantitative estimate of drug-likeness (QED) is 0.324. The number of hydrogen-bond acceptors (Lipinski definition) is 5. The summed E-state index contributed by atoms with van der Waals surface area (Å²) in [7, 11) is 0. The normalized spacial score (nSPS) is 10.4. The number of halogens is 1. The number of rotatable bonds is 6. The van der Waals surface area contributed by atoms with E-state index in [0.29, 0.717) is 28.0 Å². The number of hydrogen-bond donors (Lipinski definition) is 0. The second kappa shape index (κ2) is 8.11. The smallest absolute Gasteiger partial charge is 0.269 e. The van der Waals surface area contributed by atoms with Crippen molar-refractivity contribution in [3.63, 3.8) is 0 Å². The zero-order valence-electron chi connectivity index (χ0n) is 14.0. The van der Waals surface area contributed by atoms with E-state index in [1.165, 1.54) is 28.4 Å². The number of nitro benzene ring substituents is 1. The molecule has 1 aromatic heterocycles. The van der Waals surface area contributed by atoms with Crippen molar-refractivity contribution in [2.24, 2.45) is 0 Å². The molecule has 1 heterocycles. The summed E-state index contributed by atoms with van der Waals surface area (Å²) < 4.78 is 0. The molecule has 8 heteroatoms. The van der Waals surface area contributed by atoms with Crippen molar-refractivity contribution >= 4 is 39.7 Å². The fraction of sp³-hybridized carbons (Fsp3) is 0.0526. The maximum Gasteiger partial charge on any atom is 0.269 e. The van der Waals surface area contributed by atoms with Crippen molar-refractivity contribution in [2.45, 2.75) is 0 Å². The van der Waals surface area contributed by atoms with Crippen molar-refractivity contribution in [1.82, 2.24) is 4.98 Å². The maximum absolute atomic E-state index is 12.9. The first-order valence-corrected chi connectivity index (χ1v) is 9.14. The highest BCUT2D eigenvalue weighted by molar-refractivity contribution is 7.14. The van der Waals surface area contributed by atoms with Crippen LogP contribution in [0.3, 0.4) is 0 Å². The first-order valence-electron chi connectivity index (χ1n) is 7.88. The summed E-state index contributed by atoms with van der Waals surface area (Å²) in [6, 6.07) is 12.8. The summed E-state index contributed by atoms with van der Waals surface area (Å²) >= 11 is 7.29. The van der Waals surface area contributed by atoms with E-state index < -0.39 is 4.92 Å². The fourth-order valence-corrected chi connectivity index (χ4v) is 3.46. The Kier molecular flexibility index (Phi) is 5.63. The van der Waals surface area contributed by atoms with E-state index in [1.54, 1.807) is 47.9 Å². The van der Waals surface area contributed by atoms with Gasteiger partial charge in [-0.15, -0.1) is 17.9 Å². The molecule has 0 aliphatic heterocycles. The summed E-state index contributed by atoms with van der Waals surface area (Å²) in [4.78, 5) is 29.2. The Morgan fingerprint density at radius 2 is 2.04 bits per heavy atom. The molecular formula is C19H14ClN3O3S. The molecular weight excluding hydrogens is 386 g/mol. The van der Waals surface area contributed by atoms with Gasteiger partial charge in [-0.05, 0) is 30.3 Å². The van der Waals surface area contributed by atoms with Crippen molar-refractivity contribution in [2.75, 3.05) is 11.4 Å². The van der Waals surface area contributed by atoms with Crippen molar-refractivity contribution in [3.05, 3.63) is 87.3 Å². The van der Waals surface area contributed by atoms with Gasteiger partial charge in [-0.25, -0.2) is 4.98 Å². The standard InChI is InChI=1S/C19H14ClN3O3S/c1-2-10-22(18(24)14-4-3-5-15(20)11-14)19-21-17(12-27-19)13-6-8-16(9-7-13)23(25)26/h2-9,11-12H,1,10H2. The highest BCUT2D eigenvalue weighted by Crippen LogP contribution is 2.29. The molecule has 0 saturated heterocycles. The number of benzene rings is 2. The van der Waals surface area contributed by atoms with Gasteiger partial charge in [-0.2, -0.15) is 0 Å². The molecule has 27 heavy (non-hydrogen) atoms. The van der Waals surface area contributed by atoms with Gasteiger partial charge in [0.2, 0.25) is 0 Å². The van der Waals surface area contributed by atoms with E-state index in [-0.39, 0.29) is 11.6 Å². The van der Waals surface area contributed by atoms with E-state index in [2.05, 4.69) is 11.6 Å². The zero-order chi connectivity index (χ0) is 19.4. The molecule has 0 unspecified atom stereocenters. The van der Waals surface area contributed by atoms with Crippen LogP contribution in [-0.4, -0.2) is 22.4 Å². The van der Waals surface area contributed by atoms with Crippen LogP contribution in [0.5, 0.6) is 0 Å². The molecule has 0 N–H and O–H groups in total. The minimum atomic E-state index is -0.453. The molecule has 3 aromatic rings. The lowest BCUT2D eigenvalue weighted by atomic mass is 10.1. The van der Waals surface area contributed by atoms with E-state index in [0.717, 1.165) is 5.56 Å². The van der Waals surface area contributed by atoms with Crippen molar-refractivity contribution in [3.8, 4) is 11.3 Å². The van der Waals surface area contributed by atoms with Crippen LogP contribution in [-0.2, 0) is 0 Å². The third-order valence-corrected chi connectivity index (χ3v) is 4.82. The van der Waals surface area contributed by atoms with Gasteiger partial charge < -0.3 is 0 Å². The number of nitrogens with zero attached hydrogens (tertiary/aromatic N) is 3. The van der Waals surface area contributed by atoms with Crippen LogP contribution >= 0.6 is 22.9 Å². The average molecular weight is 400 g/mol. The van der Waals surface area contributed by atoms with Crippen molar-refractivity contribution < 1.29 is 9.72 Å². The monoisotopic (exact) mass is 399 g/mol. The minimum absolute atomic E-state index is 0.0126. The molecule has 2 aromatic carbocycles. The molecule has 0 atom stereocenters. The predicted molar refractivity (Wildman–Crippen MR) is 108 cm³/mol. The van der Waals surface area contributed by atoms with Crippen LogP contribution in [0.25, 0.3) is 11.3 Å². The Hall–Kier alpha value is -3.03. The topological polar surface area (TPSA) is 76.3 Å². The van der Waals surface area contributed by atoms with Gasteiger partial charge in [-0.3, -0.25) is 19.8 Å². The Morgan fingerprint density at radius 1 is 1.30 bits per heavy atom. The molecule has 6 nitrogen and oxygen atoms in total. The van der Waals surface area contributed by atoms with Gasteiger partial charge in [0, 0.05) is 40.2 Å². The number of nitro groups is 1. The van der Waals surface area contributed by atoms with Crippen LogP contribution in [0, 0.1) is 10.1 Å². The number of aromatic nitrogens is 1. The second-order valence-electron chi connectivity index (χ2n) is 5.53. The van der Waals surface area contributed by atoms with Gasteiger partial charge >= 0.3 is 0 Å². The minimum Gasteiger partial charge on any atom is -0.280 e. The number of non-ortho nitro benzene ring substituents is 1. The fourth-order valence-electron chi connectivity index (χ4n) is 2.43. The first-order chi connectivity index (χ1) is 13.0. The van der Waals surface area contributed by atoms with Gasteiger partial charge in [0.05, 0.1) is 10.6 Å². The average Bonchev–Trinajstić information content (AvgIpc) is 3.15. The van der Waals surface area contributed by atoms with Crippen LogP contribution in [0.15, 0.2) is 66.6 Å². The molecule has 0 aliphatic carbocycles. The summed E-state index contributed by atoms with van der Waals surface area (Å²) in [6.45, 7) is 3.99. The Bertz CT molecular complexity index is 1000. The Balaban J connectivity index is 1.90. The molecule has 3 rings (SSSR count). The number of carbonyl (C=O) groups excluding carboxylic acids is 1. The van der Waals surface area contributed by atoms with Gasteiger partial charge in [-0.1, -0.05) is 23.7 Å². The largest absolute Gasteiger partial charge is 0.280 e. The third kappa shape index (κ3) is 4.21. The molecule has 0 radical (unpaired) electrons. The highest BCUT2D eigenvalue weighted by Gasteiger charge is 2.20. The highest BCUT2D eigenvalue weighted by atomic mass is 35.5. The van der Waals surface area contributed by atoms with E-state index >= 15 is 0 Å². The van der Waals surface area contributed by atoms with Gasteiger partial charge in [0.15, 0.2) is 5.13 Å². The lowest BCUT2D eigenvalue weighted by molar-refractivity contribution is -0.384. The molecule has 0 fully saturated rings. The summed E-state index contributed by atoms with van der Waals surface area (Å²) in [5, 5.41) is 13.6. The SMILES string of the molecule is C=CCN(C(=O)c1cccc(Cl)c1)c1nc(-c2ccc([N+](=O)[O-])cc2)cs1. The van der Waals surface area contributed by atoms with Crippen LogP contribution in [0.1, 0.15) is 10.4 Å². The second-order valence-corrected chi connectivity index (χ2v) is 6.81. The third-order valence-electron chi connectivity index (χ3n) is 3.73. The van der Waals surface area contributed by atoms with E-state index in [4.69, 9.17) is 11.6 Å². The molecule has 0 aliphatic rings. The van der Waals surface area contributed by atoms with Gasteiger partial charge in [0.25, 0.3) is 11.6 Å². The number of thiazole rings is 1. The zero-order valence-corrected chi connectivity index (χ0v) is 15.6. The number of anilines is 1. The van der Waals surface area contributed by atoms with Crippen LogP contribution in [0.4, 0.5) is 10.8 Å². The maximum atomic E-state index is 12.9. The van der Waals surface area contributed by atoms with Crippen molar-refractivity contribution in [1.29, 1.82) is 0 Å². The molecule has 136 valence electrons. The lowest BCUT2D eigenvalue weighted by Gasteiger charge is -2.18. The molecule has 0 saturated carbocycles. The number of carbonyl (C=O) groups is 1. The molecule has 0 bridgehead atoms. The van der Waals surface area contributed by atoms with E-state index in [9.17, 15) is 14.9 Å². The molecule has 0 spiro atoms. The summed E-state index contributed by atoms with van der Waals surface area (Å²) in [6.07, 6.45) is 1.62. The Labute approximate surface area is 164 Å². The summed E-state index contributed by atoms with van der Waals surface area (Å²) in [5.74, 6) is -0.234. The van der Waals surface area contributed by atoms with Gasteiger partial charge in [0.1, 0.15) is 0 Å². The predicted octanol–water partition coefficient (Wildman–Crippen LogP) is 5.20. The number of amides is 1. The van der Waals surface area contributed by atoms with E-state index in [1.807, 2.05) is 0 Å². The first kappa shape index (κ1) is 18.8.